The number of likely N-dealkylation sites (tertiary alicyclic amines) is 1. The molecule has 0 bridgehead atoms. The van der Waals surface area contributed by atoms with Crippen molar-refractivity contribution in [3.8, 4) is 0 Å². The Balaban J connectivity index is 1.87. The van der Waals surface area contributed by atoms with E-state index in [-0.39, 0.29) is 11.4 Å². The number of piperidine rings is 1. The third-order valence-electron chi connectivity index (χ3n) is 4.69. The minimum absolute atomic E-state index is 0.0612. The summed E-state index contributed by atoms with van der Waals surface area (Å²) in [5, 5.41) is 5.70. The molecule has 2 N–H and O–H groups in total. The standard InChI is InChI=1S/C21H33N3O3/c1-20(2,3)27-19(26)23-17-11-9-16(10-12-17)18(25)22-15-21(4,5)24-13-7-6-8-14-24/h9-12H,6-8,13-15H2,1-5H3,(H,22,25)(H,23,26). The predicted molar refractivity (Wildman–Crippen MR) is 108 cm³/mol. The van der Waals surface area contributed by atoms with Crippen LogP contribution in [0.25, 0.3) is 0 Å². The van der Waals surface area contributed by atoms with Gasteiger partial charge in [-0.2, -0.15) is 0 Å². The molecule has 2 amide bonds. The molecule has 0 spiro atoms. The highest BCUT2D eigenvalue weighted by Crippen LogP contribution is 2.20. The smallest absolute Gasteiger partial charge is 0.412 e. The molecule has 1 aromatic rings. The first kappa shape index (κ1) is 21.2. The van der Waals surface area contributed by atoms with Crippen molar-refractivity contribution in [3.63, 3.8) is 0 Å². The van der Waals surface area contributed by atoms with Gasteiger partial charge in [0.2, 0.25) is 0 Å². The van der Waals surface area contributed by atoms with Crippen molar-refractivity contribution in [2.24, 2.45) is 0 Å². The molecule has 0 atom stereocenters. The Morgan fingerprint density at radius 1 is 1.00 bits per heavy atom. The molecule has 6 nitrogen and oxygen atoms in total. The number of nitrogens with one attached hydrogen (secondary N) is 2. The van der Waals surface area contributed by atoms with Crippen LogP contribution in [-0.4, -0.2) is 47.7 Å². The van der Waals surface area contributed by atoms with Gasteiger partial charge < -0.3 is 10.1 Å². The maximum Gasteiger partial charge on any atom is 0.412 e. The number of hydrogen-bond acceptors (Lipinski definition) is 4. The van der Waals surface area contributed by atoms with E-state index in [4.69, 9.17) is 4.74 Å². The molecule has 0 unspecified atom stereocenters. The normalized spacial score (nSPS) is 15.9. The van der Waals surface area contributed by atoms with Crippen LogP contribution >= 0.6 is 0 Å². The molecule has 27 heavy (non-hydrogen) atoms. The molecule has 0 radical (unpaired) electrons. The van der Waals surface area contributed by atoms with Crippen LogP contribution in [-0.2, 0) is 4.74 Å². The molecule has 1 aromatic carbocycles. The Morgan fingerprint density at radius 3 is 2.15 bits per heavy atom. The monoisotopic (exact) mass is 375 g/mol. The van der Waals surface area contributed by atoms with E-state index in [9.17, 15) is 9.59 Å². The zero-order chi connectivity index (χ0) is 20.1. The molecule has 6 heteroatoms. The first-order chi connectivity index (χ1) is 12.6. The van der Waals surface area contributed by atoms with Crippen LogP contribution in [0, 0.1) is 0 Å². The van der Waals surface area contributed by atoms with Crippen LogP contribution < -0.4 is 10.6 Å². The lowest BCUT2D eigenvalue weighted by molar-refractivity contribution is 0.0635. The van der Waals surface area contributed by atoms with E-state index >= 15 is 0 Å². The van der Waals surface area contributed by atoms with E-state index in [1.165, 1.54) is 19.3 Å². The second kappa shape index (κ2) is 8.74. The maximum absolute atomic E-state index is 12.5. The Hall–Kier alpha value is -2.08. The summed E-state index contributed by atoms with van der Waals surface area (Å²) in [6.45, 7) is 12.6. The Morgan fingerprint density at radius 2 is 1.59 bits per heavy atom. The zero-order valence-electron chi connectivity index (χ0n) is 17.2. The van der Waals surface area contributed by atoms with Crippen molar-refractivity contribution >= 4 is 17.7 Å². The molecule has 0 aromatic heterocycles. The van der Waals surface area contributed by atoms with Crippen LogP contribution in [0.2, 0.25) is 0 Å². The van der Waals surface area contributed by atoms with E-state index in [1.54, 1.807) is 24.3 Å². The predicted octanol–water partition coefficient (Wildman–Crippen LogP) is 4.03. The summed E-state index contributed by atoms with van der Waals surface area (Å²) in [5.41, 5.74) is 0.549. The molecular formula is C21H33N3O3. The lowest BCUT2D eigenvalue weighted by Crippen LogP contribution is -2.53. The minimum atomic E-state index is -0.551. The summed E-state index contributed by atoms with van der Waals surface area (Å²) in [6.07, 6.45) is 3.23. The van der Waals surface area contributed by atoms with Crippen molar-refractivity contribution in [2.45, 2.75) is 65.0 Å². The summed E-state index contributed by atoms with van der Waals surface area (Å²) in [5.74, 6) is -0.107. The molecular weight excluding hydrogens is 342 g/mol. The van der Waals surface area contributed by atoms with Crippen molar-refractivity contribution < 1.29 is 14.3 Å². The number of anilines is 1. The van der Waals surface area contributed by atoms with Gasteiger partial charge in [0.05, 0.1) is 0 Å². The first-order valence-corrected chi connectivity index (χ1v) is 9.70. The molecule has 1 aliphatic rings. The molecule has 1 aliphatic heterocycles. The molecule has 150 valence electrons. The number of ether oxygens (including phenoxy) is 1. The maximum atomic E-state index is 12.5. The van der Waals surface area contributed by atoms with Crippen LogP contribution in [0.4, 0.5) is 10.5 Å². The van der Waals surface area contributed by atoms with Gasteiger partial charge in [0.15, 0.2) is 0 Å². The minimum Gasteiger partial charge on any atom is -0.444 e. The van der Waals surface area contributed by atoms with E-state index in [0.29, 0.717) is 17.8 Å². The molecule has 1 fully saturated rings. The lowest BCUT2D eigenvalue weighted by atomic mass is 9.98. The second-order valence-electron chi connectivity index (χ2n) is 8.75. The third-order valence-corrected chi connectivity index (χ3v) is 4.69. The summed E-state index contributed by atoms with van der Waals surface area (Å²) < 4.78 is 5.22. The van der Waals surface area contributed by atoms with Crippen LogP contribution in [0.5, 0.6) is 0 Å². The van der Waals surface area contributed by atoms with Crippen LogP contribution in [0.1, 0.15) is 64.2 Å². The number of amides is 2. The summed E-state index contributed by atoms with van der Waals surface area (Å²) in [4.78, 5) is 26.7. The van der Waals surface area contributed by atoms with E-state index in [2.05, 4.69) is 29.4 Å². The molecule has 0 saturated carbocycles. The van der Waals surface area contributed by atoms with Gasteiger partial charge in [-0.25, -0.2) is 4.79 Å². The van der Waals surface area contributed by atoms with Gasteiger partial charge in [0.1, 0.15) is 5.60 Å². The van der Waals surface area contributed by atoms with Gasteiger partial charge in [0.25, 0.3) is 5.91 Å². The zero-order valence-corrected chi connectivity index (χ0v) is 17.2. The number of hydrogen-bond donors (Lipinski definition) is 2. The van der Waals surface area contributed by atoms with Gasteiger partial charge in [0, 0.05) is 23.3 Å². The van der Waals surface area contributed by atoms with E-state index in [0.717, 1.165) is 13.1 Å². The van der Waals surface area contributed by atoms with E-state index in [1.807, 2.05) is 20.8 Å². The topological polar surface area (TPSA) is 70.7 Å². The quantitative estimate of drug-likeness (QED) is 0.815. The third kappa shape index (κ3) is 6.86. The molecule has 1 saturated heterocycles. The van der Waals surface area contributed by atoms with Crippen LogP contribution in [0.3, 0.4) is 0 Å². The fraction of sp³-hybridized carbons (Fsp3) is 0.619. The highest BCUT2D eigenvalue weighted by molar-refractivity contribution is 5.95. The Labute approximate surface area is 162 Å². The van der Waals surface area contributed by atoms with Gasteiger partial charge >= 0.3 is 6.09 Å². The summed E-state index contributed by atoms with van der Waals surface area (Å²) >= 11 is 0. The lowest BCUT2D eigenvalue weighted by Gasteiger charge is -2.41. The second-order valence-corrected chi connectivity index (χ2v) is 8.75. The number of rotatable bonds is 5. The van der Waals surface area contributed by atoms with Gasteiger partial charge in [-0.15, -0.1) is 0 Å². The molecule has 1 heterocycles. The highest BCUT2D eigenvalue weighted by Gasteiger charge is 2.28. The van der Waals surface area contributed by atoms with Gasteiger partial charge in [-0.3, -0.25) is 15.0 Å². The number of carbonyl (C=O) groups is 2. The Kier molecular flexibility index (Phi) is 6.87. The number of nitrogens with zero attached hydrogens (tertiary/aromatic N) is 1. The average molecular weight is 376 g/mol. The average Bonchev–Trinajstić information content (AvgIpc) is 2.59. The van der Waals surface area contributed by atoms with Gasteiger partial charge in [-0.05, 0) is 84.8 Å². The molecule has 2 rings (SSSR count). The first-order valence-electron chi connectivity index (χ1n) is 9.70. The SMILES string of the molecule is CC(C)(C)OC(=O)Nc1ccc(C(=O)NCC(C)(C)N2CCCCC2)cc1. The highest BCUT2D eigenvalue weighted by atomic mass is 16.6. The largest absolute Gasteiger partial charge is 0.444 e. The number of benzene rings is 1. The summed E-state index contributed by atoms with van der Waals surface area (Å²) in [7, 11) is 0. The fourth-order valence-corrected chi connectivity index (χ4v) is 3.14. The van der Waals surface area contributed by atoms with Gasteiger partial charge in [-0.1, -0.05) is 6.42 Å². The summed E-state index contributed by atoms with van der Waals surface area (Å²) in [6, 6.07) is 6.81. The van der Waals surface area contributed by atoms with Crippen molar-refractivity contribution in [1.29, 1.82) is 0 Å². The fourth-order valence-electron chi connectivity index (χ4n) is 3.14. The number of carbonyl (C=O) groups excluding carboxylic acids is 2. The molecule has 0 aliphatic carbocycles. The van der Waals surface area contributed by atoms with Crippen molar-refractivity contribution in [1.82, 2.24) is 10.2 Å². The van der Waals surface area contributed by atoms with E-state index < -0.39 is 11.7 Å². The van der Waals surface area contributed by atoms with Crippen LogP contribution in [0.15, 0.2) is 24.3 Å². The van der Waals surface area contributed by atoms with Crippen molar-refractivity contribution in [2.75, 3.05) is 25.0 Å². The van der Waals surface area contributed by atoms with Crippen molar-refractivity contribution in [3.05, 3.63) is 29.8 Å². The Bertz CT molecular complexity index is 642.